The number of hydrogen-bond donors (Lipinski definition) is 2. The molecule has 158 valence electrons. The lowest BCUT2D eigenvalue weighted by molar-refractivity contribution is -0.126. The van der Waals surface area contributed by atoms with Crippen LogP contribution in [0.3, 0.4) is 0 Å². The van der Waals surface area contributed by atoms with Gasteiger partial charge in [-0.2, -0.15) is 10.2 Å². The Bertz CT molecular complexity index is 1130. The molecule has 0 saturated carbocycles. The van der Waals surface area contributed by atoms with E-state index in [2.05, 4.69) is 15.8 Å². The maximum Gasteiger partial charge on any atom is 0.269 e. The minimum Gasteiger partial charge on any atom is -0.459 e. The second-order valence-corrected chi connectivity index (χ2v) is 7.41. The number of benzene rings is 1. The number of oxazole rings is 1. The number of amides is 2. The van der Waals surface area contributed by atoms with E-state index < -0.39 is 5.91 Å². The van der Waals surface area contributed by atoms with Crippen LogP contribution in [-0.4, -0.2) is 29.9 Å². The summed E-state index contributed by atoms with van der Waals surface area (Å²) in [7, 11) is 0. The molecule has 1 saturated heterocycles. The first-order valence-corrected chi connectivity index (χ1v) is 9.98. The Morgan fingerprint density at radius 1 is 1.19 bits per heavy atom. The summed E-state index contributed by atoms with van der Waals surface area (Å²) in [6.45, 7) is 1.00. The van der Waals surface area contributed by atoms with Crippen LogP contribution in [0.15, 0.2) is 51.5 Å². The molecule has 31 heavy (non-hydrogen) atoms. The first-order chi connectivity index (χ1) is 15.0. The van der Waals surface area contributed by atoms with Gasteiger partial charge in [-0.25, -0.2) is 0 Å². The number of anilines is 1. The van der Waals surface area contributed by atoms with Gasteiger partial charge in [0.2, 0.25) is 17.5 Å². The Morgan fingerprint density at radius 3 is 2.68 bits per heavy atom. The third-order valence-corrected chi connectivity index (χ3v) is 5.22. The highest BCUT2D eigenvalue weighted by Gasteiger charge is 2.29. The van der Waals surface area contributed by atoms with Crippen molar-refractivity contribution < 1.29 is 18.4 Å². The second kappa shape index (κ2) is 8.93. The largest absolute Gasteiger partial charge is 0.459 e. The van der Waals surface area contributed by atoms with Gasteiger partial charge in [-0.05, 0) is 43.2 Å². The van der Waals surface area contributed by atoms with Crippen LogP contribution in [0.2, 0.25) is 5.02 Å². The molecule has 1 aliphatic heterocycles. The molecule has 2 N–H and O–H groups in total. The summed E-state index contributed by atoms with van der Waals surface area (Å²) in [4.78, 5) is 30.7. The third-order valence-electron chi connectivity index (χ3n) is 4.99. The molecule has 0 aliphatic carbocycles. The Hall–Kier alpha value is -3.77. The fraction of sp³-hybridized carbons (Fsp3) is 0.238. The number of aromatic nitrogens is 1. The highest BCUT2D eigenvalue weighted by Crippen LogP contribution is 2.31. The number of hydrogen-bond acceptors (Lipinski definition) is 7. The monoisotopic (exact) mass is 439 g/mol. The lowest BCUT2D eigenvalue weighted by Gasteiger charge is -2.30. The molecule has 3 aromatic rings. The van der Waals surface area contributed by atoms with Gasteiger partial charge in [-0.15, -0.1) is 0 Å². The lowest BCUT2D eigenvalue weighted by atomic mass is 9.96. The minimum atomic E-state index is -0.445. The summed E-state index contributed by atoms with van der Waals surface area (Å²) in [6, 6.07) is 11.9. The van der Waals surface area contributed by atoms with Crippen molar-refractivity contribution in [1.82, 2.24) is 15.8 Å². The van der Waals surface area contributed by atoms with Crippen molar-refractivity contribution in [3.8, 4) is 17.7 Å². The third kappa shape index (κ3) is 4.54. The van der Waals surface area contributed by atoms with Crippen LogP contribution >= 0.6 is 11.6 Å². The van der Waals surface area contributed by atoms with Crippen molar-refractivity contribution in [2.24, 2.45) is 5.92 Å². The van der Waals surface area contributed by atoms with E-state index in [9.17, 15) is 14.9 Å². The van der Waals surface area contributed by atoms with E-state index in [1.165, 1.54) is 12.3 Å². The van der Waals surface area contributed by atoms with Crippen molar-refractivity contribution >= 4 is 29.3 Å². The van der Waals surface area contributed by atoms with E-state index >= 15 is 0 Å². The smallest absolute Gasteiger partial charge is 0.269 e. The molecule has 3 heterocycles. The van der Waals surface area contributed by atoms with E-state index in [0.29, 0.717) is 48.2 Å². The number of nitrogens with one attached hydrogen (secondary N) is 2. The van der Waals surface area contributed by atoms with Crippen LogP contribution in [0.4, 0.5) is 5.88 Å². The number of piperidine rings is 1. The summed E-state index contributed by atoms with van der Waals surface area (Å²) < 4.78 is 11.0. The topological polar surface area (TPSA) is 124 Å². The fourth-order valence-electron chi connectivity index (χ4n) is 3.37. The van der Waals surface area contributed by atoms with Crippen LogP contribution in [0, 0.1) is 17.2 Å². The summed E-state index contributed by atoms with van der Waals surface area (Å²) in [5, 5.41) is 9.83. The molecule has 2 aromatic heterocycles. The average molecular weight is 440 g/mol. The minimum absolute atomic E-state index is 0.170. The number of rotatable bonds is 4. The molecule has 0 atom stereocenters. The normalized spacial score (nSPS) is 14.1. The summed E-state index contributed by atoms with van der Waals surface area (Å²) in [6.07, 6.45) is 2.56. The molecule has 1 aliphatic rings. The zero-order chi connectivity index (χ0) is 21.8. The van der Waals surface area contributed by atoms with E-state index in [0.717, 1.165) is 0 Å². The SMILES string of the molecule is N#Cc1nc(-c2ccco2)oc1N1CCC(C(=O)NNC(=O)c2cccc(Cl)c2)CC1. The molecule has 10 heteroatoms. The Morgan fingerprint density at radius 2 is 2.00 bits per heavy atom. The van der Waals surface area contributed by atoms with E-state index in [1.807, 2.05) is 11.0 Å². The summed E-state index contributed by atoms with van der Waals surface area (Å²) >= 11 is 5.88. The van der Waals surface area contributed by atoms with Crippen LogP contribution in [0.1, 0.15) is 28.9 Å². The predicted octanol–water partition coefficient (Wildman–Crippen LogP) is 3.14. The predicted molar refractivity (Wildman–Crippen MR) is 111 cm³/mol. The molecule has 0 unspecified atom stereocenters. The molecular formula is C21H18ClN5O4. The van der Waals surface area contributed by atoms with Gasteiger partial charge in [0.1, 0.15) is 6.07 Å². The standard InChI is InChI=1S/C21H18ClN5O4/c22-15-4-1-3-14(11-15)19(29)26-25-18(28)13-6-8-27(9-7-13)21-16(12-23)24-20(31-21)17-5-2-10-30-17/h1-5,10-11,13H,6-9H2,(H,25,28)(H,26,29). The Balaban J connectivity index is 1.33. The number of hydrazine groups is 1. The van der Waals surface area contributed by atoms with E-state index in [-0.39, 0.29) is 23.4 Å². The molecular weight excluding hydrogens is 422 g/mol. The maximum absolute atomic E-state index is 12.5. The lowest BCUT2D eigenvalue weighted by Crippen LogP contribution is -2.47. The molecule has 0 radical (unpaired) electrons. The average Bonchev–Trinajstić information content (AvgIpc) is 3.47. The quantitative estimate of drug-likeness (QED) is 0.598. The summed E-state index contributed by atoms with van der Waals surface area (Å²) in [5.74, 6) is 0.0342. The maximum atomic E-state index is 12.5. The van der Waals surface area contributed by atoms with Crippen molar-refractivity contribution in [1.29, 1.82) is 5.26 Å². The van der Waals surface area contributed by atoms with Gasteiger partial charge >= 0.3 is 0 Å². The highest BCUT2D eigenvalue weighted by molar-refractivity contribution is 6.30. The Labute approximate surface area is 182 Å². The zero-order valence-electron chi connectivity index (χ0n) is 16.3. The molecule has 0 bridgehead atoms. The van der Waals surface area contributed by atoms with Crippen molar-refractivity contribution in [3.63, 3.8) is 0 Å². The summed E-state index contributed by atoms with van der Waals surface area (Å²) in [5.41, 5.74) is 5.40. The van der Waals surface area contributed by atoms with Gasteiger partial charge in [-0.3, -0.25) is 20.4 Å². The number of carbonyl (C=O) groups excluding carboxylic acids is 2. The number of halogens is 1. The number of nitrogens with zero attached hydrogens (tertiary/aromatic N) is 3. The van der Waals surface area contributed by atoms with Gasteiger partial charge < -0.3 is 13.7 Å². The van der Waals surface area contributed by atoms with Crippen molar-refractivity contribution in [2.75, 3.05) is 18.0 Å². The van der Waals surface area contributed by atoms with Gasteiger partial charge in [0.25, 0.3) is 11.8 Å². The van der Waals surface area contributed by atoms with Crippen LogP contribution in [0.25, 0.3) is 11.7 Å². The Kier molecular flexibility index (Phi) is 5.91. The molecule has 9 nitrogen and oxygen atoms in total. The molecule has 1 fully saturated rings. The van der Waals surface area contributed by atoms with Crippen molar-refractivity contribution in [2.45, 2.75) is 12.8 Å². The molecule has 2 amide bonds. The van der Waals surface area contributed by atoms with Crippen LogP contribution < -0.4 is 15.8 Å². The second-order valence-electron chi connectivity index (χ2n) is 6.98. The van der Waals surface area contributed by atoms with Gasteiger partial charge in [0.05, 0.1) is 6.26 Å². The van der Waals surface area contributed by atoms with E-state index in [4.69, 9.17) is 20.4 Å². The van der Waals surface area contributed by atoms with E-state index in [1.54, 1.807) is 30.3 Å². The molecule has 4 rings (SSSR count). The number of carbonyl (C=O) groups is 2. The van der Waals surface area contributed by atoms with Gasteiger partial charge in [0.15, 0.2) is 5.76 Å². The molecule has 0 spiro atoms. The van der Waals surface area contributed by atoms with Crippen LogP contribution in [-0.2, 0) is 4.79 Å². The first-order valence-electron chi connectivity index (χ1n) is 9.60. The van der Waals surface area contributed by atoms with Gasteiger partial charge in [0, 0.05) is 29.6 Å². The number of nitriles is 1. The molecule has 1 aromatic carbocycles. The zero-order valence-corrected chi connectivity index (χ0v) is 17.1. The highest BCUT2D eigenvalue weighted by atomic mass is 35.5. The first kappa shape index (κ1) is 20.5. The van der Waals surface area contributed by atoms with Crippen molar-refractivity contribution in [3.05, 3.63) is 58.9 Å². The fourth-order valence-corrected chi connectivity index (χ4v) is 3.56. The number of furan rings is 1. The van der Waals surface area contributed by atoms with Crippen LogP contribution in [0.5, 0.6) is 0 Å². The van der Waals surface area contributed by atoms with Gasteiger partial charge in [-0.1, -0.05) is 17.7 Å².